The van der Waals surface area contributed by atoms with Crippen molar-refractivity contribution in [1.82, 2.24) is 20.2 Å². The van der Waals surface area contributed by atoms with Gasteiger partial charge in [-0.05, 0) is 42.9 Å². The number of carbonyl (C=O) groups excluding carboxylic acids is 2. The van der Waals surface area contributed by atoms with Gasteiger partial charge in [-0.25, -0.2) is 4.98 Å². The van der Waals surface area contributed by atoms with Crippen molar-refractivity contribution in [3.8, 4) is 5.75 Å². The number of benzene rings is 1. The molecular formula is C21H28N4O3. The summed E-state index contributed by atoms with van der Waals surface area (Å²) in [7, 11) is 1.62. The molecule has 1 aliphatic heterocycles. The second-order valence-corrected chi connectivity index (χ2v) is 7.47. The third-order valence-electron chi connectivity index (χ3n) is 4.82. The number of nitrogens with one attached hydrogen (secondary N) is 2. The van der Waals surface area contributed by atoms with Crippen LogP contribution in [-0.2, 0) is 19.5 Å². The Bertz CT molecular complexity index is 840. The second-order valence-electron chi connectivity index (χ2n) is 7.47. The van der Waals surface area contributed by atoms with E-state index in [2.05, 4.69) is 15.6 Å². The van der Waals surface area contributed by atoms with E-state index >= 15 is 0 Å². The molecule has 0 radical (unpaired) electrons. The van der Waals surface area contributed by atoms with Gasteiger partial charge in [0.25, 0.3) is 11.8 Å². The van der Waals surface area contributed by atoms with Crippen LogP contribution in [0.1, 0.15) is 59.1 Å². The highest BCUT2D eigenvalue weighted by molar-refractivity contribution is 5.97. The fraction of sp³-hybridized carbons (Fsp3) is 0.476. The number of amides is 2. The van der Waals surface area contributed by atoms with Crippen molar-refractivity contribution in [3.63, 3.8) is 0 Å². The lowest BCUT2D eigenvalue weighted by Gasteiger charge is -2.17. The lowest BCUT2D eigenvalue weighted by molar-refractivity contribution is 0.0935. The zero-order valence-electron chi connectivity index (χ0n) is 16.7. The van der Waals surface area contributed by atoms with Crippen molar-refractivity contribution < 1.29 is 14.3 Å². The topological polar surface area (TPSA) is 85.2 Å². The summed E-state index contributed by atoms with van der Waals surface area (Å²) in [5.74, 6) is 0.984. The van der Waals surface area contributed by atoms with Crippen LogP contribution < -0.4 is 15.4 Å². The van der Waals surface area contributed by atoms with Gasteiger partial charge in [-0.2, -0.15) is 0 Å². The maximum atomic E-state index is 12.8. The van der Waals surface area contributed by atoms with Crippen LogP contribution in [0.3, 0.4) is 0 Å². The SMILES string of the molecule is COc1ccc(CNC(=O)c2nc(C(=O)NCC(C)C)c3n2CCCC3)cc1. The van der Waals surface area contributed by atoms with E-state index in [4.69, 9.17) is 4.74 Å². The molecule has 2 amide bonds. The number of hydrogen-bond acceptors (Lipinski definition) is 4. The number of fused-ring (bicyclic) bond motifs is 1. The second kappa shape index (κ2) is 8.91. The molecule has 2 aromatic rings. The molecule has 1 aromatic heterocycles. The van der Waals surface area contributed by atoms with E-state index in [1.807, 2.05) is 42.7 Å². The number of ether oxygens (including phenoxy) is 1. The van der Waals surface area contributed by atoms with Crippen LogP contribution in [-0.4, -0.2) is 35.0 Å². The Labute approximate surface area is 165 Å². The summed E-state index contributed by atoms with van der Waals surface area (Å²) in [4.78, 5) is 29.8. The van der Waals surface area contributed by atoms with Crippen molar-refractivity contribution in [3.05, 3.63) is 47.0 Å². The maximum Gasteiger partial charge on any atom is 0.287 e. The molecule has 2 heterocycles. The maximum absolute atomic E-state index is 12.8. The minimum Gasteiger partial charge on any atom is -0.497 e. The molecule has 3 rings (SSSR count). The molecular weight excluding hydrogens is 356 g/mol. The van der Waals surface area contributed by atoms with E-state index < -0.39 is 0 Å². The molecule has 7 heteroatoms. The smallest absolute Gasteiger partial charge is 0.287 e. The van der Waals surface area contributed by atoms with Gasteiger partial charge in [0.05, 0.1) is 12.8 Å². The van der Waals surface area contributed by atoms with Gasteiger partial charge in [-0.15, -0.1) is 0 Å². The van der Waals surface area contributed by atoms with Crippen LogP contribution in [0, 0.1) is 5.92 Å². The summed E-state index contributed by atoms with van der Waals surface area (Å²) in [5.41, 5.74) is 2.21. The standard InChI is InChI=1S/C21H28N4O3/c1-14(2)12-22-20(26)18-17-6-4-5-11-25(17)19(24-18)21(27)23-13-15-7-9-16(28-3)10-8-15/h7-10,14H,4-6,11-13H2,1-3H3,(H,22,26)(H,23,27). The monoisotopic (exact) mass is 384 g/mol. The molecule has 150 valence electrons. The zero-order chi connectivity index (χ0) is 20.1. The minimum atomic E-state index is -0.262. The highest BCUT2D eigenvalue weighted by Gasteiger charge is 2.27. The summed E-state index contributed by atoms with van der Waals surface area (Å²) in [6, 6.07) is 7.53. The molecule has 28 heavy (non-hydrogen) atoms. The van der Waals surface area contributed by atoms with E-state index in [1.165, 1.54) is 0 Å². The first-order valence-corrected chi connectivity index (χ1v) is 9.78. The predicted molar refractivity (Wildman–Crippen MR) is 107 cm³/mol. The molecule has 0 spiro atoms. The number of methoxy groups -OCH3 is 1. The van der Waals surface area contributed by atoms with Gasteiger partial charge in [0.15, 0.2) is 5.82 Å². The van der Waals surface area contributed by atoms with Crippen LogP contribution in [0.15, 0.2) is 24.3 Å². The Balaban J connectivity index is 1.74. The van der Waals surface area contributed by atoms with E-state index in [9.17, 15) is 9.59 Å². The third-order valence-corrected chi connectivity index (χ3v) is 4.82. The number of imidazole rings is 1. The molecule has 0 saturated heterocycles. The van der Waals surface area contributed by atoms with Crippen molar-refractivity contribution >= 4 is 11.8 Å². The number of rotatable bonds is 7. The first-order valence-electron chi connectivity index (χ1n) is 9.78. The van der Waals surface area contributed by atoms with E-state index in [0.29, 0.717) is 37.1 Å². The molecule has 1 aliphatic rings. The van der Waals surface area contributed by atoms with Crippen LogP contribution >= 0.6 is 0 Å². The van der Waals surface area contributed by atoms with Crippen LogP contribution in [0.2, 0.25) is 0 Å². The number of carbonyl (C=O) groups is 2. The molecule has 0 fully saturated rings. The lowest BCUT2D eigenvalue weighted by Crippen LogP contribution is -2.29. The van der Waals surface area contributed by atoms with E-state index in [-0.39, 0.29) is 11.8 Å². The number of nitrogens with zero attached hydrogens (tertiary/aromatic N) is 2. The summed E-state index contributed by atoms with van der Waals surface area (Å²) in [5, 5.41) is 5.82. The molecule has 0 bridgehead atoms. The van der Waals surface area contributed by atoms with Gasteiger partial charge in [-0.1, -0.05) is 26.0 Å². The Morgan fingerprint density at radius 3 is 2.57 bits per heavy atom. The summed E-state index contributed by atoms with van der Waals surface area (Å²) < 4.78 is 7.05. The fourth-order valence-corrected chi connectivity index (χ4v) is 3.28. The van der Waals surface area contributed by atoms with Gasteiger partial charge in [-0.3, -0.25) is 9.59 Å². The quantitative estimate of drug-likeness (QED) is 0.768. The summed E-state index contributed by atoms with van der Waals surface area (Å²) in [6.07, 6.45) is 2.75. The molecule has 0 atom stereocenters. The largest absolute Gasteiger partial charge is 0.497 e. The molecule has 2 N–H and O–H groups in total. The van der Waals surface area contributed by atoms with Crippen molar-refractivity contribution in [2.24, 2.45) is 5.92 Å². The third kappa shape index (κ3) is 4.52. The number of hydrogen-bond donors (Lipinski definition) is 2. The molecule has 0 aliphatic carbocycles. The average Bonchev–Trinajstić information content (AvgIpc) is 3.10. The Kier molecular flexibility index (Phi) is 6.34. The molecule has 0 saturated carbocycles. The van der Waals surface area contributed by atoms with Crippen LogP contribution in [0.5, 0.6) is 5.75 Å². The normalized spacial score (nSPS) is 13.1. The summed E-state index contributed by atoms with van der Waals surface area (Å²) >= 11 is 0. The molecule has 7 nitrogen and oxygen atoms in total. The lowest BCUT2D eigenvalue weighted by atomic mass is 10.1. The first-order chi connectivity index (χ1) is 13.5. The van der Waals surface area contributed by atoms with Gasteiger partial charge in [0, 0.05) is 19.6 Å². The van der Waals surface area contributed by atoms with Crippen molar-refractivity contribution in [2.75, 3.05) is 13.7 Å². The van der Waals surface area contributed by atoms with Gasteiger partial charge in [0.2, 0.25) is 0 Å². The van der Waals surface area contributed by atoms with E-state index in [1.54, 1.807) is 7.11 Å². The fourth-order valence-electron chi connectivity index (χ4n) is 3.28. The van der Waals surface area contributed by atoms with Gasteiger partial charge in [0.1, 0.15) is 11.4 Å². The van der Waals surface area contributed by atoms with Crippen molar-refractivity contribution in [2.45, 2.75) is 46.2 Å². The molecule has 1 aromatic carbocycles. The first kappa shape index (κ1) is 19.9. The Morgan fingerprint density at radius 1 is 1.14 bits per heavy atom. The Morgan fingerprint density at radius 2 is 1.89 bits per heavy atom. The zero-order valence-corrected chi connectivity index (χ0v) is 16.7. The summed E-state index contributed by atoms with van der Waals surface area (Å²) in [6.45, 7) is 5.77. The highest BCUT2D eigenvalue weighted by atomic mass is 16.5. The van der Waals surface area contributed by atoms with E-state index in [0.717, 1.165) is 36.3 Å². The average molecular weight is 384 g/mol. The predicted octanol–water partition coefficient (Wildman–Crippen LogP) is 2.54. The Hall–Kier alpha value is -2.83. The minimum absolute atomic E-state index is 0.200. The van der Waals surface area contributed by atoms with Crippen molar-refractivity contribution in [1.29, 1.82) is 0 Å². The van der Waals surface area contributed by atoms with Crippen LogP contribution in [0.4, 0.5) is 0 Å². The highest BCUT2D eigenvalue weighted by Crippen LogP contribution is 2.21. The van der Waals surface area contributed by atoms with Gasteiger partial charge < -0.3 is 19.9 Å². The molecule has 0 unspecified atom stereocenters. The van der Waals surface area contributed by atoms with Crippen LogP contribution in [0.25, 0.3) is 0 Å². The number of aromatic nitrogens is 2. The van der Waals surface area contributed by atoms with Gasteiger partial charge >= 0.3 is 0 Å².